The summed E-state index contributed by atoms with van der Waals surface area (Å²) >= 11 is 0. The van der Waals surface area contributed by atoms with Crippen molar-refractivity contribution in [3.8, 4) is 0 Å². The molecule has 2 saturated carbocycles. The Hall–Kier alpha value is -1.69. The Balaban J connectivity index is 1.64. The number of urea groups is 1. The van der Waals surface area contributed by atoms with Gasteiger partial charge in [-0.05, 0) is 25.3 Å². The van der Waals surface area contributed by atoms with Crippen molar-refractivity contribution >= 4 is 11.7 Å². The van der Waals surface area contributed by atoms with E-state index in [1.54, 1.807) is 25.6 Å². The summed E-state index contributed by atoms with van der Waals surface area (Å²) in [6.45, 7) is 0. The number of nitrogens with one attached hydrogen (secondary N) is 1. The summed E-state index contributed by atoms with van der Waals surface area (Å²) in [5.74, 6) is 0. The summed E-state index contributed by atoms with van der Waals surface area (Å²) < 4.78 is 5.55. The van der Waals surface area contributed by atoms with E-state index in [1.165, 1.54) is 6.42 Å². The Bertz CT molecular complexity index is 489. The van der Waals surface area contributed by atoms with E-state index in [9.17, 15) is 4.79 Å². The van der Waals surface area contributed by atoms with Gasteiger partial charge < -0.3 is 15.0 Å². The Morgan fingerprint density at radius 2 is 2.30 bits per heavy atom. The summed E-state index contributed by atoms with van der Waals surface area (Å²) in [5, 5.41) is 10.3. The molecule has 3 rings (SSSR count). The van der Waals surface area contributed by atoms with Gasteiger partial charge >= 0.3 is 6.03 Å². The highest BCUT2D eigenvalue weighted by atomic mass is 16.5. The molecule has 2 atom stereocenters. The Kier molecular flexibility index (Phi) is 3.33. The number of hydrogen-bond donors (Lipinski definition) is 1. The second kappa shape index (κ2) is 5.01. The highest BCUT2D eigenvalue weighted by Crippen LogP contribution is 2.58. The molecule has 2 unspecified atom stereocenters. The first-order valence-electron chi connectivity index (χ1n) is 7.01. The minimum Gasteiger partial charge on any atom is -0.381 e. The van der Waals surface area contributed by atoms with Crippen LogP contribution in [0.15, 0.2) is 18.5 Å². The quantitative estimate of drug-likeness (QED) is 0.915. The van der Waals surface area contributed by atoms with Crippen molar-refractivity contribution in [2.75, 3.05) is 19.5 Å². The molecule has 1 spiro atoms. The third-order valence-electron chi connectivity index (χ3n) is 4.93. The van der Waals surface area contributed by atoms with Gasteiger partial charge in [-0.1, -0.05) is 6.42 Å². The topological polar surface area (TPSA) is 67.3 Å². The lowest BCUT2D eigenvalue weighted by atomic mass is 9.50. The van der Waals surface area contributed by atoms with Crippen LogP contribution in [-0.2, 0) is 4.74 Å². The van der Waals surface area contributed by atoms with Crippen molar-refractivity contribution in [2.45, 2.75) is 37.8 Å². The molecule has 2 aliphatic carbocycles. The molecule has 0 saturated heterocycles. The predicted molar refractivity (Wildman–Crippen MR) is 74.3 cm³/mol. The number of methoxy groups -OCH3 is 1. The molecule has 2 fully saturated rings. The van der Waals surface area contributed by atoms with E-state index >= 15 is 0 Å². The Morgan fingerprint density at radius 1 is 1.50 bits per heavy atom. The molecule has 20 heavy (non-hydrogen) atoms. The van der Waals surface area contributed by atoms with E-state index in [4.69, 9.17) is 4.74 Å². The standard InChI is InChI=1S/C14H20N4O2/c1-18(13(19)17-10-4-7-15-16-9-10)11-8-12(20-2)14(11)5-3-6-14/h4,7,9,11-12H,3,5-6,8H2,1-2H3,(H,15,17,19). The fourth-order valence-electron chi connectivity index (χ4n) is 3.56. The molecule has 2 aliphatic rings. The van der Waals surface area contributed by atoms with E-state index in [0.717, 1.165) is 19.3 Å². The van der Waals surface area contributed by atoms with Crippen molar-refractivity contribution in [1.82, 2.24) is 15.1 Å². The number of rotatable bonds is 3. The molecule has 0 radical (unpaired) electrons. The van der Waals surface area contributed by atoms with Gasteiger partial charge in [0.05, 0.1) is 24.2 Å². The van der Waals surface area contributed by atoms with E-state index in [0.29, 0.717) is 11.8 Å². The van der Waals surface area contributed by atoms with Crippen LogP contribution in [0.3, 0.4) is 0 Å². The number of nitrogens with zero attached hydrogens (tertiary/aromatic N) is 3. The summed E-state index contributed by atoms with van der Waals surface area (Å²) in [6, 6.07) is 1.91. The van der Waals surface area contributed by atoms with Gasteiger partial charge in [-0.2, -0.15) is 10.2 Å². The molecule has 0 bridgehead atoms. The van der Waals surface area contributed by atoms with Gasteiger partial charge in [0.2, 0.25) is 0 Å². The van der Waals surface area contributed by atoms with Crippen molar-refractivity contribution < 1.29 is 9.53 Å². The molecule has 6 nitrogen and oxygen atoms in total. The number of ether oxygens (including phenoxy) is 1. The van der Waals surface area contributed by atoms with Crippen LogP contribution in [0, 0.1) is 5.41 Å². The molecule has 0 aliphatic heterocycles. The molecule has 0 aromatic carbocycles. The van der Waals surface area contributed by atoms with Crippen molar-refractivity contribution in [3.63, 3.8) is 0 Å². The second-order valence-corrected chi connectivity index (χ2v) is 5.73. The minimum absolute atomic E-state index is 0.0937. The minimum atomic E-state index is -0.0937. The lowest BCUT2D eigenvalue weighted by Gasteiger charge is -2.62. The lowest BCUT2D eigenvalue weighted by Crippen LogP contribution is -2.67. The summed E-state index contributed by atoms with van der Waals surface area (Å²) in [6.07, 6.45) is 7.89. The van der Waals surface area contributed by atoms with Crippen LogP contribution in [0.5, 0.6) is 0 Å². The van der Waals surface area contributed by atoms with E-state index in [1.807, 2.05) is 11.9 Å². The molecule has 6 heteroatoms. The van der Waals surface area contributed by atoms with Gasteiger partial charge in [-0.15, -0.1) is 0 Å². The molecule has 2 amide bonds. The maximum absolute atomic E-state index is 12.3. The van der Waals surface area contributed by atoms with Crippen molar-refractivity contribution in [3.05, 3.63) is 18.5 Å². The monoisotopic (exact) mass is 276 g/mol. The fourth-order valence-corrected chi connectivity index (χ4v) is 3.56. The van der Waals surface area contributed by atoms with Crippen LogP contribution in [0.4, 0.5) is 10.5 Å². The van der Waals surface area contributed by atoms with Gasteiger partial charge in [0.25, 0.3) is 0 Å². The third-order valence-corrected chi connectivity index (χ3v) is 4.93. The van der Waals surface area contributed by atoms with Crippen LogP contribution in [0.1, 0.15) is 25.7 Å². The van der Waals surface area contributed by atoms with Gasteiger partial charge in [-0.3, -0.25) is 0 Å². The summed E-state index contributed by atoms with van der Waals surface area (Å²) in [5.41, 5.74) is 0.860. The largest absolute Gasteiger partial charge is 0.381 e. The number of aromatic nitrogens is 2. The maximum atomic E-state index is 12.3. The maximum Gasteiger partial charge on any atom is 0.321 e. The van der Waals surface area contributed by atoms with E-state index in [2.05, 4.69) is 15.5 Å². The van der Waals surface area contributed by atoms with Crippen molar-refractivity contribution in [2.24, 2.45) is 5.41 Å². The third kappa shape index (κ3) is 1.95. The van der Waals surface area contributed by atoms with Crippen LogP contribution in [0.25, 0.3) is 0 Å². The van der Waals surface area contributed by atoms with E-state index < -0.39 is 0 Å². The zero-order valence-electron chi connectivity index (χ0n) is 11.9. The molecule has 1 aromatic rings. The Morgan fingerprint density at radius 3 is 2.85 bits per heavy atom. The van der Waals surface area contributed by atoms with Crippen LogP contribution < -0.4 is 5.32 Å². The molecular weight excluding hydrogens is 256 g/mol. The zero-order chi connectivity index (χ0) is 14.2. The first-order valence-corrected chi connectivity index (χ1v) is 7.01. The predicted octanol–water partition coefficient (Wildman–Crippen LogP) is 1.90. The smallest absolute Gasteiger partial charge is 0.321 e. The number of carbonyl (C=O) groups is 1. The molecule has 1 N–H and O–H groups in total. The lowest BCUT2D eigenvalue weighted by molar-refractivity contribution is -0.181. The molecule has 1 heterocycles. The highest BCUT2D eigenvalue weighted by Gasteiger charge is 2.60. The first kappa shape index (κ1) is 13.3. The average molecular weight is 276 g/mol. The zero-order valence-corrected chi connectivity index (χ0v) is 11.9. The van der Waals surface area contributed by atoms with Crippen LogP contribution in [-0.4, -0.2) is 47.4 Å². The number of anilines is 1. The van der Waals surface area contributed by atoms with Crippen LogP contribution in [0.2, 0.25) is 0 Å². The Labute approximate surface area is 118 Å². The second-order valence-electron chi connectivity index (χ2n) is 5.73. The average Bonchev–Trinajstić information content (AvgIpc) is 2.37. The van der Waals surface area contributed by atoms with Crippen LogP contribution >= 0.6 is 0 Å². The summed E-state index contributed by atoms with van der Waals surface area (Å²) in [4.78, 5) is 14.1. The van der Waals surface area contributed by atoms with Crippen molar-refractivity contribution in [1.29, 1.82) is 0 Å². The van der Waals surface area contributed by atoms with E-state index in [-0.39, 0.29) is 17.5 Å². The number of hydrogen-bond acceptors (Lipinski definition) is 4. The molecule has 108 valence electrons. The number of carbonyl (C=O) groups excluding carboxylic acids is 1. The molecular formula is C14H20N4O2. The highest BCUT2D eigenvalue weighted by molar-refractivity contribution is 5.89. The molecule has 1 aromatic heterocycles. The normalized spacial score (nSPS) is 26.5. The fraction of sp³-hybridized carbons (Fsp3) is 0.643. The number of amides is 2. The SMILES string of the molecule is COC1CC(N(C)C(=O)Nc2ccnnc2)C12CCC2. The first-order chi connectivity index (χ1) is 9.67. The van der Waals surface area contributed by atoms with Gasteiger partial charge in [0, 0.05) is 25.6 Å². The van der Waals surface area contributed by atoms with Gasteiger partial charge in [0.1, 0.15) is 0 Å². The van der Waals surface area contributed by atoms with Gasteiger partial charge in [-0.25, -0.2) is 4.79 Å². The van der Waals surface area contributed by atoms with Gasteiger partial charge in [0.15, 0.2) is 0 Å². The summed E-state index contributed by atoms with van der Waals surface area (Å²) in [7, 11) is 3.63.